The summed E-state index contributed by atoms with van der Waals surface area (Å²) in [4.78, 5) is 0. The van der Waals surface area contributed by atoms with Crippen LogP contribution >= 0.6 is 0 Å². The Kier molecular flexibility index (Phi) is 3.61. The second-order valence-electron chi connectivity index (χ2n) is 4.11. The second kappa shape index (κ2) is 5.05. The van der Waals surface area contributed by atoms with Gasteiger partial charge in [0.25, 0.3) is 0 Å². The van der Waals surface area contributed by atoms with Crippen molar-refractivity contribution in [3.05, 3.63) is 41.6 Å². The van der Waals surface area contributed by atoms with E-state index in [1.54, 1.807) is 10.9 Å². The molecule has 0 saturated heterocycles. The highest BCUT2D eigenvalue weighted by Crippen LogP contribution is 2.31. The summed E-state index contributed by atoms with van der Waals surface area (Å²) in [5.41, 5.74) is 7.25. The maximum atomic E-state index is 12.5. The lowest BCUT2D eigenvalue weighted by Gasteiger charge is -2.10. The Labute approximate surface area is 108 Å². The molecule has 0 radical (unpaired) electrons. The molecule has 19 heavy (non-hydrogen) atoms. The number of aryl methyl sites for hydroxylation is 1. The third-order valence-corrected chi connectivity index (χ3v) is 2.92. The number of alkyl halides is 3. The number of benzene rings is 1. The summed E-state index contributed by atoms with van der Waals surface area (Å²) in [5, 5.41) is 4.17. The van der Waals surface area contributed by atoms with Crippen LogP contribution in [0.5, 0.6) is 0 Å². The zero-order valence-electron chi connectivity index (χ0n) is 10.4. The van der Waals surface area contributed by atoms with E-state index in [0.29, 0.717) is 18.7 Å². The molecule has 0 aliphatic rings. The van der Waals surface area contributed by atoms with E-state index in [9.17, 15) is 13.2 Å². The van der Waals surface area contributed by atoms with E-state index < -0.39 is 11.7 Å². The van der Waals surface area contributed by atoms with Gasteiger partial charge in [0, 0.05) is 24.2 Å². The van der Waals surface area contributed by atoms with Crippen LogP contribution in [0.2, 0.25) is 0 Å². The first-order valence-electron chi connectivity index (χ1n) is 5.89. The maximum Gasteiger partial charge on any atom is 0.416 e. The molecule has 0 saturated carbocycles. The molecule has 2 aromatic rings. The van der Waals surface area contributed by atoms with Gasteiger partial charge in [-0.2, -0.15) is 18.3 Å². The zero-order chi connectivity index (χ0) is 14.0. The second-order valence-corrected chi connectivity index (χ2v) is 4.11. The molecule has 0 spiro atoms. The predicted octanol–water partition coefficient (Wildman–Crippen LogP) is 3.05. The van der Waals surface area contributed by atoms with E-state index >= 15 is 0 Å². The van der Waals surface area contributed by atoms with Crippen molar-refractivity contribution in [2.24, 2.45) is 5.73 Å². The molecule has 0 aliphatic carbocycles. The number of rotatable bonds is 3. The minimum atomic E-state index is -4.32. The average molecular weight is 269 g/mol. The van der Waals surface area contributed by atoms with Crippen LogP contribution in [-0.4, -0.2) is 9.78 Å². The van der Waals surface area contributed by atoms with Gasteiger partial charge in [0.05, 0.1) is 17.5 Å². The molecule has 1 heterocycles. The Morgan fingerprint density at radius 3 is 2.32 bits per heavy atom. The van der Waals surface area contributed by atoms with Gasteiger partial charge in [-0.05, 0) is 19.1 Å². The molecule has 1 aromatic heterocycles. The number of hydrogen-bond acceptors (Lipinski definition) is 2. The number of nitrogens with two attached hydrogens (primary N) is 1. The van der Waals surface area contributed by atoms with Crippen LogP contribution in [-0.2, 0) is 19.3 Å². The van der Waals surface area contributed by atoms with Gasteiger partial charge in [-0.15, -0.1) is 0 Å². The topological polar surface area (TPSA) is 43.8 Å². The van der Waals surface area contributed by atoms with Crippen LogP contribution in [0.1, 0.15) is 18.1 Å². The predicted molar refractivity (Wildman–Crippen MR) is 66.2 cm³/mol. The van der Waals surface area contributed by atoms with Crippen LogP contribution in [0, 0.1) is 0 Å². The Morgan fingerprint density at radius 2 is 1.84 bits per heavy atom. The van der Waals surface area contributed by atoms with Crippen LogP contribution in [0.15, 0.2) is 30.5 Å². The Balaban J connectivity index is 2.45. The van der Waals surface area contributed by atoms with Gasteiger partial charge >= 0.3 is 6.18 Å². The van der Waals surface area contributed by atoms with E-state index in [1.807, 2.05) is 6.92 Å². The van der Waals surface area contributed by atoms with E-state index in [0.717, 1.165) is 23.4 Å². The van der Waals surface area contributed by atoms with E-state index in [1.165, 1.54) is 12.1 Å². The summed E-state index contributed by atoms with van der Waals surface area (Å²) < 4.78 is 39.3. The van der Waals surface area contributed by atoms with Crippen LogP contribution in [0.4, 0.5) is 13.2 Å². The highest BCUT2D eigenvalue weighted by atomic mass is 19.4. The number of halogens is 3. The fourth-order valence-electron chi connectivity index (χ4n) is 1.96. The largest absolute Gasteiger partial charge is 0.416 e. The smallest absolute Gasteiger partial charge is 0.326 e. The van der Waals surface area contributed by atoms with E-state index in [4.69, 9.17) is 5.73 Å². The van der Waals surface area contributed by atoms with Crippen molar-refractivity contribution in [1.82, 2.24) is 9.78 Å². The van der Waals surface area contributed by atoms with E-state index in [-0.39, 0.29) is 0 Å². The Hall–Kier alpha value is -1.82. The third-order valence-electron chi connectivity index (χ3n) is 2.92. The molecule has 0 amide bonds. The SMILES string of the molecule is CCn1ncc(CN)c1-c1ccc(C(F)(F)F)cc1. The van der Waals surface area contributed by atoms with Crippen LogP contribution < -0.4 is 5.73 Å². The third kappa shape index (κ3) is 2.63. The molecule has 3 nitrogen and oxygen atoms in total. The molecule has 1 aromatic carbocycles. The number of hydrogen-bond donors (Lipinski definition) is 1. The Morgan fingerprint density at radius 1 is 1.21 bits per heavy atom. The van der Waals surface area contributed by atoms with Crippen molar-refractivity contribution >= 4 is 0 Å². The lowest BCUT2D eigenvalue weighted by atomic mass is 10.1. The summed E-state index contributed by atoms with van der Waals surface area (Å²) >= 11 is 0. The first kappa shape index (κ1) is 13.6. The zero-order valence-corrected chi connectivity index (χ0v) is 10.4. The van der Waals surface area contributed by atoms with Crippen molar-refractivity contribution in [3.8, 4) is 11.3 Å². The van der Waals surface area contributed by atoms with Crippen LogP contribution in [0.25, 0.3) is 11.3 Å². The molecule has 0 fully saturated rings. The molecule has 2 N–H and O–H groups in total. The molecule has 0 unspecified atom stereocenters. The molecule has 0 bridgehead atoms. The quantitative estimate of drug-likeness (QED) is 0.930. The average Bonchev–Trinajstić information content (AvgIpc) is 2.80. The van der Waals surface area contributed by atoms with Gasteiger partial charge in [-0.25, -0.2) is 0 Å². The molecule has 0 aliphatic heterocycles. The number of nitrogens with zero attached hydrogens (tertiary/aromatic N) is 2. The normalized spacial score (nSPS) is 11.8. The van der Waals surface area contributed by atoms with Gasteiger partial charge < -0.3 is 5.73 Å². The molecule has 6 heteroatoms. The summed E-state index contributed by atoms with van der Waals surface area (Å²) in [6.45, 7) is 2.85. The molecular weight excluding hydrogens is 255 g/mol. The van der Waals surface area contributed by atoms with Crippen molar-refractivity contribution in [2.75, 3.05) is 0 Å². The van der Waals surface area contributed by atoms with Crippen molar-refractivity contribution in [3.63, 3.8) is 0 Å². The molecule has 0 atom stereocenters. The van der Waals surface area contributed by atoms with Crippen molar-refractivity contribution in [2.45, 2.75) is 26.2 Å². The molecule has 2 rings (SSSR count). The first-order valence-corrected chi connectivity index (χ1v) is 5.89. The number of aromatic nitrogens is 2. The monoisotopic (exact) mass is 269 g/mol. The fraction of sp³-hybridized carbons (Fsp3) is 0.308. The lowest BCUT2D eigenvalue weighted by molar-refractivity contribution is -0.137. The van der Waals surface area contributed by atoms with Crippen LogP contribution in [0.3, 0.4) is 0 Å². The van der Waals surface area contributed by atoms with Crippen molar-refractivity contribution < 1.29 is 13.2 Å². The first-order chi connectivity index (χ1) is 8.97. The van der Waals surface area contributed by atoms with Gasteiger partial charge in [-0.3, -0.25) is 4.68 Å². The van der Waals surface area contributed by atoms with Gasteiger partial charge in [0.2, 0.25) is 0 Å². The molecule has 102 valence electrons. The highest BCUT2D eigenvalue weighted by molar-refractivity contribution is 5.63. The summed E-state index contributed by atoms with van der Waals surface area (Å²) in [5.74, 6) is 0. The Bertz CT molecular complexity index is 534. The summed E-state index contributed by atoms with van der Waals surface area (Å²) in [7, 11) is 0. The minimum Gasteiger partial charge on any atom is -0.326 e. The van der Waals surface area contributed by atoms with E-state index in [2.05, 4.69) is 5.10 Å². The summed E-state index contributed by atoms with van der Waals surface area (Å²) in [6.07, 6.45) is -2.67. The lowest BCUT2D eigenvalue weighted by Crippen LogP contribution is -2.05. The van der Waals surface area contributed by atoms with Gasteiger partial charge in [0.15, 0.2) is 0 Å². The van der Waals surface area contributed by atoms with Crippen molar-refractivity contribution in [1.29, 1.82) is 0 Å². The standard InChI is InChI=1S/C13H14F3N3/c1-2-19-12(10(7-17)8-18-19)9-3-5-11(6-4-9)13(14,15)16/h3-6,8H,2,7,17H2,1H3. The minimum absolute atomic E-state index is 0.302. The summed E-state index contributed by atoms with van der Waals surface area (Å²) in [6, 6.07) is 5.04. The highest BCUT2D eigenvalue weighted by Gasteiger charge is 2.30. The fourth-order valence-corrected chi connectivity index (χ4v) is 1.96. The van der Waals surface area contributed by atoms with Gasteiger partial charge in [-0.1, -0.05) is 12.1 Å². The maximum absolute atomic E-state index is 12.5. The van der Waals surface area contributed by atoms with Gasteiger partial charge in [0.1, 0.15) is 0 Å². The molecular formula is C13H14F3N3.